The number of rotatable bonds is 1. The first-order valence-electron chi connectivity index (χ1n) is 5.23. The minimum Gasteiger partial charge on any atom is -0.443 e. The highest BCUT2D eigenvalue weighted by Crippen LogP contribution is 2.13. The van der Waals surface area contributed by atoms with E-state index in [9.17, 15) is 4.79 Å². The molecule has 0 atom stereocenters. The fraction of sp³-hybridized carbons (Fsp3) is 0.364. The van der Waals surface area contributed by atoms with E-state index >= 15 is 0 Å². The lowest BCUT2D eigenvalue weighted by atomic mass is 10.2. The molecule has 90 valence electrons. The summed E-state index contributed by atoms with van der Waals surface area (Å²) in [6.07, 6.45) is 5.85. The number of imidazole rings is 2. The minimum absolute atomic E-state index is 0.456. The molecule has 2 aromatic heterocycles. The zero-order chi connectivity index (χ0) is 12.5. The Morgan fingerprint density at radius 1 is 1.41 bits per heavy atom. The number of aromatic amines is 1. The molecule has 0 aliphatic carbocycles. The van der Waals surface area contributed by atoms with Crippen LogP contribution in [0, 0.1) is 0 Å². The van der Waals surface area contributed by atoms with Gasteiger partial charge < -0.3 is 9.72 Å². The minimum atomic E-state index is -0.522. The summed E-state index contributed by atoms with van der Waals surface area (Å²) in [5.41, 5.74) is 0.0764. The third kappa shape index (κ3) is 2.72. The Morgan fingerprint density at radius 2 is 2.18 bits per heavy atom. The van der Waals surface area contributed by atoms with E-state index in [1.54, 1.807) is 18.6 Å². The average Bonchev–Trinajstić information content (AvgIpc) is 2.86. The highest BCUT2D eigenvalue weighted by molar-refractivity contribution is 5.72. The summed E-state index contributed by atoms with van der Waals surface area (Å²) in [6.45, 7) is 5.44. The van der Waals surface area contributed by atoms with Crippen LogP contribution >= 0.6 is 0 Å². The molecular weight excluding hydrogens is 220 g/mol. The molecule has 0 saturated heterocycles. The van der Waals surface area contributed by atoms with Crippen LogP contribution in [0.2, 0.25) is 0 Å². The predicted octanol–water partition coefficient (Wildman–Crippen LogP) is 2.06. The molecule has 0 aromatic carbocycles. The second kappa shape index (κ2) is 4.04. The molecule has 0 bridgehead atoms. The fourth-order valence-electron chi connectivity index (χ4n) is 1.26. The maximum Gasteiger partial charge on any atom is 0.419 e. The van der Waals surface area contributed by atoms with Gasteiger partial charge in [0, 0.05) is 18.6 Å². The van der Waals surface area contributed by atoms with E-state index in [1.807, 2.05) is 20.8 Å². The lowest BCUT2D eigenvalue weighted by Crippen LogP contribution is -2.26. The SMILES string of the molecule is CC(C)(C)OC(=O)n1cnc(-c2ncc[nH]2)c1. The molecule has 2 aromatic rings. The van der Waals surface area contributed by atoms with Crippen molar-refractivity contribution in [2.45, 2.75) is 26.4 Å². The second-order valence-corrected chi connectivity index (χ2v) is 4.58. The largest absolute Gasteiger partial charge is 0.443 e. The average molecular weight is 234 g/mol. The standard InChI is InChI=1S/C11H14N4O2/c1-11(2,3)17-10(16)15-6-8(14-7-15)9-12-4-5-13-9/h4-7H,1-3H3,(H,12,13). The Labute approximate surface area is 98.7 Å². The highest BCUT2D eigenvalue weighted by atomic mass is 16.6. The van der Waals surface area contributed by atoms with Gasteiger partial charge in [-0.1, -0.05) is 0 Å². The van der Waals surface area contributed by atoms with Gasteiger partial charge in [0.1, 0.15) is 17.6 Å². The molecule has 0 aliphatic heterocycles. The maximum absolute atomic E-state index is 11.7. The van der Waals surface area contributed by atoms with Crippen LogP contribution in [0.25, 0.3) is 11.5 Å². The monoisotopic (exact) mass is 234 g/mol. The molecule has 0 fully saturated rings. The molecule has 6 nitrogen and oxygen atoms in total. The first-order valence-corrected chi connectivity index (χ1v) is 5.23. The first kappa shape index (κ1) is 11.4. The van der Waals surface area contributed by atoms with Gasteiger partial charge in [-0.3, -0.25) is 0 Å². The van der Waals surface area contributed by atoms with E-state index in [0.29, 0.717) is 11.5 Å². The summed E-state index contributed by atoms with van der Waals surface area (Å²) in [5, 5.41) is 0. The summed E-state index contributed by atoms with van der Waals surface area (Å²) in [5.74, 6) is 0.618. The van der Waals surface area contributed by atoms with Crippen molar-refractivity contribution in [2.24, 2.45) is 0 Å². The first-order chi connectivity index (χ1) is 7.96. The fourth-order valence-corrected chi connectivity index (χ4v) is 1.26. The van der Waals surface area contributed by atoms with Crippen LogP contribution < -0.4 is 0 Å². The Morgan fingerprint density at radius 3 is 2.76 bits per heavy atom. The van der Waals surface area contributed by atoms with Gasteiger partial charge >= 0.3 is 6.09 Å². The molecule has 0 saturated carbocycles. The van der Waals surface area contributed by atoms with Crippen LogP contribution in [0.5, 0.6) is 0 Å². The molecule has 0 spiro atoms. The molecule has 0 unspecified atom stereocenters. The van der Waals surface area contributed by atoms with Gasteiger partial charge in [-0.25, -0.2) is 19.3 Å². The van der Waals surface area contributed by atoms with Gasteiger partial charge in [0.05, 0.1) is 0 Å². The van der Waals surface area contributed by atoms with Crippen LogP contribution in [0.4, 0.5) is 4.79 Å². The second-order valence-electron chi connectivity index (χ2n) is 4.58. The van der Waals surface area contributed by atoms with Gasteiger partial charge in [-0.2, -0.15) is 0 Å². The lowest BCUT2D eigenvalue weighted by molar-refractivity contribution is 0.0536. The summed E-state index contributed by atoms with van der Waals surface area (Å²) in [7, 11) is 0. The number of hydrogen-bond donors (Lipinski definition) is 1. The number of aromatic nitrogens is 4. The van der Waals surface area contributed by atoms with Crippen molar-refractivity contribution in [1.82, 2.24) is 19.5 Å². The summed E-state index contributed by atoms with van der Waals surface area (Å²) < 4.78 is 6.50. The van der Waals surface area contributed by atoms with E-state index in [0.717, 1.165) is 0 Å². The van der Waals surface area contributed by atoms with Crippen molar-refractivity contribution in [3.63, 3.8) is 0 Å². The van der Waals surface area contributed by atoms with Gasteiger partial charge in [0.25, 0.3) is 0 Å². The third-order valence-electron chi connectivity index (χ3n) is 1.93. The predicted molar refractivity (Wildman–Crippen MR) is 61.4 cm³/mol. The van der Waals surface area contributed by atoms with Crippen LogP contribution in [-0.4, -0.2) is 31.2 Å². The van der Waals surface area contributed by atoms with E-state index in [2.05, 4.69) is 15.0 Å². The Bertz CT molecular complexity index is 508. The molecule has 0 aliphatic rings. The van der Waals surface area contributed by atoms with Gasteiger partial charge in [0.15, 0.2) is 5.82 Å². The van der Waals surface area contributed by atoms with Crippen molar-refractivity contribution in [3.05, 3.63) is 24.9 Å². The van der Waals surface area contributed by atoms with Crippen molar-refractivity contribution < 1.29 is 9.53 Å². The summed E-state index contributed by atoms with van der Waals surface area (Å²) >= 11 is 0. The zero-order valence-electron chi connectivity index (χ0n) is 9.97. The summed E-state index contributed by atoms with van der Waals surface area (Å²) in [4.78, 5) is 22.8. The summed E-state index contributed by atoms with van der Waals surface area (Å²) in [6, 6.07) is 0. The normalized spacial score (nSPS) is 11.5. The molecule has 2 rings (SSSR count). The number of nitrogens with zero attached hydrogens (tertiary/aromatic N) is 3. The van der Waals surface area contributed by atoms with Gasteiger partial charge in [-0.05, 0) is 20.8 Å². The van der Waals surface area contributed by atoms with Crippen molar-refractivity contribution in [2.75, 3.05) is 0 Å². The topological polar surface area (TPSA) is 72.8 Å². The van der Waals surface area contributed by atoms with Crippen molar-refractivity contribution in [3.8, 4) is 11.5 Å². The number of hydrogen-bond acceptors (Lipinski definition) is 4. The van der Waals surface area contributed by atoms with Crippen LogP contribution in [0.3, 0.4) is 0 Å². The molecule has 17 heavy (non-hydrogen) atoms. The zero-order valence-corrected chi connectivity index (χ0v) is 9.97. The van der Waals surface area contributed by atoms with Crippen LogP contribution in [-0.2, 0) is 4.74 Å². The number of H-pyrrole nitrogens is 1. The molecule has 2 heterocycles. The number of ether oxygens (including phenoxy) is 1. The smallest absolute Gasteiger partial charge is 0.419 e. The number of nitrogens with one attached hydrogen (secondary N) is 1. The van der Waals surface area contributed by atoms with E-state index in [1.165, 1.54) is 10.9 Å². The molecule has 0 amide bonds. The van der Waals surface area contributed by atoms with E-state index in [-0.39, 0.29) is 0 Å². The Balaban J connectivity index is 2.16. The quantitative estimate of drug-likeness (QED) is 0.819. The third-order valence-corrected chi connectivity index (χ3v) is 1.93. The Hall–Kier alpha value is -2.11. The molecular formula is C11H14N4O2. The molecule has 0 radical (unpaired) electrons. The van der Waals surface area contributed by atoms with E-state index < -0.39 is 11.7 Å². The van der Waals surface area contributed by atoms with Crippen LogP contribution in [0.15, 0.2) is 24.9 Å². The number of carbonyl (C=O) groups is 1. The van der Waals surface area contributed by atoms with Gasteiger partial charge in [0.2, 0.25) is 0 Å². The lowest BCUT2D eigenvalue weighted by Gasteiger charge is -2.18. The van der Waals surface area contributed by atoms with Crippen molar-refractivity contribution in [1.29, 1.82) is 0 Å². The van der Waals surface area contributed by atoms with Crippen LogP contribution in [0.1, 0.15) is 20.8 Å². The highest BCUT2D eigenvalue weighted by Gasteiger charge is 2.18. The van der Waals surface area contributed by atoms with Crippen molar-refractivity contribution >= 4 is 6.09 Å². The molecule has 1 N–H and O–H groups in total. The Kier molecular flexibility index (Phi) is 2.71. The van der Waals surface area contributed by atoms with Gasteiger partial charge in [-0.15, -0.1) is 0 Å². The van der Waals surface area contributed by atoms with E-state index in [4.69, 9.17) is 4.74 Å². The number of carbonyl (C=O) groups excluding carboxylic acids is 1. The maximum atomic E-state index is 11.7. The molecule has 6 heteroatoms.